The molecule has 4 N–H and O–H groups in total. The van der Waals surface area contributed by atoms with E-state index in [2.05, 4.69) is 15.9 Å². The second-order valence-corrected chi connectivity index (χ2v) is 8.15. The number of rotatable bonds is 3. The number of aliphatic hydroxyl groups is 1. The summed E-state index contributed by atoms with van der Waals surface area (Å²) in [5.41, 5.74) is 0.456. The van der Waals surface area contributed by atoms with Crippen molar-refractivity contribution < 1.29 is 24.8 Å². The molecule has 1 saturated heterocycles. The Balaban J connectivity index is 2.03. The van der Waals surface area contributed by atoms with Crippen LogP contribution in [0.2, 0.25) is 0 Å². The molecule has 4 rings (SSSR count). The number of hydrogen-bond donors (Lipinski definition) is 4. The summed E-state index contributed by atoms with van der Waals surface area (Å²) in [6.45, 7) is 0.588. The van der Waals surface area contributed by atoms with Gasteiger partial charge in [-0.3, -0.25) is 4.79 Å². The molecule has 8 heteroatoms. The quantitative estimate of drug-likeness (QED) is 0.473. The molecule has 0 saturated carbocycles. The lowest BCUT2D eigenvalue weighted by Crippen LogP contribution is -2.32. The molecule has 0 spiro atoms. The average molecular weight is 462 g/mol. The van der Waals surface area contributed by atoms with E-state index >= 15 is 0 Å². The van der Waals surface area contributed by atoms with Crippen LogP contribution in [0.1, 0.15) is 17.9 Å². The first-order chi connectivity index (χ1) is 13.8. The smallest absolute Gasteiger partial charge is 0.197 e. The van der Waals surface area contributed by atoms with Crippen LogP contribution in [0.3, 0.4) is 0 Å². The molecule has 0 amide bonds. The number of fused-ring (bicyclic) bond motifs is 1. The van der Waals surface area contributed by atoms with Gasteiger partial charge < -0.3 is 29.7 Å². The third-order valence-corrected chi connectivity index (χ3v) is 6.29. The van der Waals surface area contributed by atoms with Crippen LogP contribution >= 0.6 is 15.9 Å². The number of aliphatic hydroxyl groups excluding tert-OH is 1. The molecular weight excluding hydrogens is 442 g/mol. The summed E-state index contributed by atoms with van der Waals surface area (Å²) in [6.07, 6.45) is 0.652. The maximum Gasteiger partial charge on any atom is 0.197 e. The lowest BCUT2D eigenvalue weighted by molar-refractivity contribution is 0.172. The van der Waals surface area contributed by atoms with Gasteiger partial charge in [0.25, 0.3) is 0 Å². The van der Waals surface area contributed by atoms with Crippen molar-refractivity contribution in [3.63, 3.8) is 0 Å². The lowest BCUT2D eigenvalue weighted by atomic mass is 9.89. The fourth-order valence-corrected chi connectivity index (χ4v) is 4.57. The van der Waals surface area contributed by atoms with E-state index in [4.69, 9.17) is 4.42 Å². The summed E-state index contributed by atoms with van der Waals surface area (Å²) in [5.74, 6) is -0.655. The predicted molar refractivity (Wildman–Crippen MR) is 111 cm³/mol. The van der Waals surface area contributed by atoms with E-state index in [-0.39, 0.29) is 52.5 Å². The monoisotopic (exact) mass is 461 g/mol. The van der Waals surface area contributed by atoms with Gasteiger partial charge in [-0.25, -0.2) is 0 Å². The van der Waals surface area contributed by atoms with Crippen molar-refractivity contribution in [3.05, 3.63) is 50.6 Å². The fourth-order valence-electron chi connectivity index (χ4n) is 4.13. The van der Waals surface area contributed by atoms with Crippen LogP contribution in [-0.4, -0.2) is 51.6 Å². The van der Waals surface area contributed by atoms with E-state index < -0.39 is 5.43 Å². The predicted octanol–water partition coefficient (Wildman–Crippen LogP) is 3.12. The summed E-state index contributed by atoms with van der Waals surface area (Å²) in [6, 6.07) is 6.71. The molecule has 2 aromatic carbocycles. The number of nitrogens with zero attached hydrogens (tertiary/aromatic N) is 1. The molecule has 3 aromatic rings. The zero-order valence-electron chi connectivity index (χ0n) is 15.6. The summed E-state index contributed by atoms with van der Waals surface area (Å²) >= 11 is 3.39. The highest BCUT2D eigenvalue weighted by Gasteiger charge is 2.36. The Bertz CT molecular complexity index is 1160. The van der Waals surface area contributed by atoms with Crippen molar-refractivity contribution >= 4 is 26.9 Å². The van der Waals surface area contributed by atoms with E-state index in [0.717, 1.165) is 6.07 Å². The van der Waals surface area contributed by atoms with Crippen LogP contribution in [0.15, 0.2) is 44.0 Å². The van der Waals surface area contributed by atoms with Crippen molar-refractivity contribution in [2.24, 2.45) is 0 Å². The molecule has 1 aliphatic heterocycles. The van der Waals surface area contributed by atoms with Crippen LogP contribution in [0.5, 0.6) is 17.2 Å². The third kappa shape index (κ3) is 3.27. The minimum atomic E-state index is -0.470. The maximum absolute atomic E-state index is 12.8. The Hall–Kier alpha value is -2.55. The number of benzene rings is 2. The van der Waals surface area contributed by atoms with E-state index in [1.807, 2.05) is 11.9 Å². The summed E-state index contributed by atoms with van der Waals surface area (Å²) in [5, 5.41) is 40.6. The molecule has 0 unspecified atom stereocenters. The molecular formula is C21H20BrNO6. The number of likely N-dealkylation sites (N-methyl/N-ethyl adjacent to an activating group) is 1. The molecule has 0 aliphatic carbocycles. The first-order valence-corrected chi connectivity index (χ1v) is 9.93. The van der Waals surface area contributed by atoms with Gasteiger partial charge in [-0.2, -0.15) is 0 Å². The van der Waals surface area contributed by atoms with Gasteiger partial charge in [-0.05, 0) is 38.2 Å². The Morgan fingerprint density at radius 2 is 1.93 bits per heavy atom. The molecule has 7 nitrogen and oxygen atoms in total. The number of phenolic OH excluding ortho intramolecular Hbond substituents is 3. The van der Waals surface area contributed by atoms with Gasteiger partial charge in [0.1, 0.15) is 34.0 Å². The molecule has 29 heavy (non-hydrogen) atoms. The first kappa shape index (κ1) is 19.8. The Morgan fingerprint density at radius 3 is 2.66 bits per heavy atom. The van der Waals surface area contributed by atoms with Gasteiger partial charge in [0.2, 0.25) is 0 Å². The molecule has 1 fully saturated rings. The zero-order valence-corrected chi connectivity index (χ0v) is 17.2. The largest absolute Gasteiger partial charge is 0.508 e. The minimum Gasteiger partial charge on any atom is -0.508 e. The number of phenols is 3. The second-order valence-electron chi connectivity index (χ2n) is 7.30. The summed E-state index contributed by atoms with van der Waals surface area (Å²) in [7, 11) is 1.88. The van der Waals surface area contributed by atoms with Crippen molar-refractivity contribution in [2.45, 2.75) is 18.4 Å². The lowest BCUT2D eigenvalue weighted by Gasteiger charge is -2.24. The highest BCUT2D eigenvalue weighted by molar-refractivity contribution is 9.10. The molecule has 1 aliphatic rings. The summed E-state index contributed by atoms with van der Waals surface area (Å²) in [4.78, 5) is 14.8. The standard InChI is InChI=1S/C21H20BrNO6/c1-23-5-4-11(14(23)9-24)19-15(26)7-16(27)20-17(28)8-18(29-21(19)20)12-6-10(25)2-3-13(12)22/h2-3,6-8,11,14,24-27H,4-5,9H2,1H3/t11-,14+/m0/s1. The Morgan fingerprint density at radius 1 is 1.17 bits per heavy atom. The van der Waals surface area contributed by atoms with Crippen molar-refractivity contribution in [3.8, 4) is 28.6 Å². The number of halogens is 1. The minimum absolute atomic E-state index is 0.00249. The van der Waals surface area contributed by atoms with Crippen molar-refractivity contribution in [1.82, 2.24) is 4.90 Å². The van der Waals surface area contributed by atoms with Crippen molar-refractivity contribution in [1.29, 1.82) is 0 Å². The van der Waals surface area contributed by atoms with Gasteiger partial charge >= 0.3 is 0 Å². The molecule has 0 radical (unpaired) electrons. The third-order valence-electron chi connectivity index (χ3n) is 5.59. The van der Waals surface area contributed by atoms with E-state index in [1.165, 1.54) is 18.2 Å². The van der Waals surface area contributed by atoms with Crippen LogP contribution < -0.4 is 5.43 Å². The Labute approximate surface area is 174 Å². The zero-order chi connectivity index (χ0) is 20.9. The normalized spacial score (nSPS) is 19.8. The van der Waals surface area contributed by atoms with Crippen LogP contribution in [0.25, 0.3) is 22.3 Å². The highest BCUT2D eigenvalue weighted by Crippen LogP contribution is 2.44. The van der Waals surface area contributed by atoms with Gasteiger partial charge in [0.05, 0.1) is 6.61 Å². The first-order valence-electron chi connectivity index (χ1n) is 9.14. The van der Waals surface area contributed by atoms with Gasteiger partial charge in [0.15, 0.2) is 5.43 Å². The molecule has 0 bridgehead atoms. The molecule has 152 valence electrons. The fraction of sp³-hybridized carbons (Fsp3) is 0.286. The van der Waals surface area contributed by atoms with Gasteiger partial charge in [0, 0.05) is 39.7 Å². The van der Waals surface area contributed by atoms with Crippen LogP contribution in [0, 0.1) is 0 Å². The molecule has 1 aromatic heterocycles. The SMILES string of the molecule is CN1CC[C@H](c2c(O)cc(O)c3c(=O)cc(-c4cc(O)ccc4Br)oc23)[C@H]1CO. The maximum atomic E-state index is 12.8. The van der Waals surface area contributed by atoms with E-state index in [1.54, 1.807) is 6.07 Å². The van der Waals surface area contributed by atoms with Gasteiger partial charge in [-0.1, -0.05) is 15.9 Å². The number of hydrogen-bond acceptors (Lipinski definition) is 7. The number of likely N-dealkylation sites (tertiary alicyclic amines) is 1. The van der Waals surface area contributed by atoms with E-state index in [0.29, 0.717) is 28.6 Å². The number of aromatic hydroxyl groups is 3. The van der Waals surface area contributed by atoms with Crippen LogP contribution in [-0.2, 0) is 0 Å². The topological polar surface area (TPSA) is 114 Å². The van der Waals surface area contributed by atoms with E-state index in [9.17, 15) is 25.2 Å². The average Bonchev–Trinajstić information content (AvgIpc) is 3.03. The van der Waals surface area contributed by atoms with Crippen molar-refractivity contribution in [2.75, 3.05) is 20.2 Å². The second kappa shape index (κ2) is 7.37. The van der Waals surface area contributed by atoms with Crippen LogP contribution in [0.4, 0.5) is 0 Å². The highest BCUT2D eigenvalue weighted by atomic mass is 79.9. The van der Waals surface area contributed by atoms with Gasteiger partial charge in [-0.15, -0.1) is 0 Å². The Kier molecular flexibility index (Phi) is 5.02. The molecule has 2 atom stereocenters. The summed E-state index contributed by atoms with van der Waals surface area (Å²) < 4.78 is 6.65. The molecule has 2 heterocycles.